The number of hydrogen-bond donors (Lipinski definition) is 1. The highest BCUT2D eigenvalue weighted by Crippen LogP contribution is 2.34. The molecule has 122 valence electrons. The zero-order valence-corrected chi connectivity index (χ0v) is 13.3. The fraction of sp³-hybridized carbons (Fsp3) is 0.333. The lowest BCUT2D eigenvalue weighted by atomic mass is 10.1. The summed E-state index contributed by atoms with van der Waals surface area (Å²) in [5.41, 5.74) is 2.71. The van der Waals surface area contributed by atoms with E-state index in [-0.39, 0.29) is 25.3 Å². The Morgan fingerprint density at radius 3 is 2.83 bits per heavy atom. The van der Waals surface area contributed by atoms with Crippen LogP contribution in [0.5, 0.6) is 11.5 Å². The molecule has 2 aromatic rings. The third kappa shape index (κ3) is 3.63. The lowest BCUT2D eigenvalue weighted by Gasteiger charge is -2.15. The maximum atomic E-state index is 13.6. The highest BCUT2D eigenvalue weighted by molar-refractivity contribution is 5.45. The number of methoxy groups -OCH3 is 1. The average molecular weight is 317 g/mol. The van der Waals surface area contributed by atoms with E-state index in [1.54, 1.807) is 13.2 Å². The minimum Gasteiger partial charge on any atom is -0.454 e. The lowest BCUT2D eigenvalue weighted by molar-refractivity contribution is 0.174. The number of rotatable bonds is 6. The number of ether oxygens (including phenoxy) is 3. The van der Waals surface area contributed by atoms with Crippen LogP contribution in [-0.4, -0.2) is 13.9 Å². The van der Waals surface area contributed by atoms with Crippen LogP contribution < -0.4 is 14.8 Å². The fourth-order valence-electron chi connectivity index (χ4n) is 2.58. The van der Waals surface area contributed by atoms with Gasteiger partial charge in [0.15, 0.2) is 11.5 Å². The molecule has 5 heteroatoms. The van der Waals surface area contributed by atoms with Gasteiger partial charge in [0.2, 0.25) is 6.79 Å². The van der Waals surface area contributed by atoms with Crippen molar-refractivity contribution in [1.82, 2.24) is 5.32 Å². The van der Waals surface area contributed by atoms with Crippen LogP contribution >= 0.6 is 0 Å². The van der Waals surface area contributed by atoms with Crippen LogP contribution in [0, 0.1) is 5.82 Å². The first-order valence-corrected chi connectivity index (χ1v) is 7.56. The van der Waals surface area contributed by atoms with Crippen molar-refractivity contribution in [3.05, 3.63) is 58.9 Å². The monoisotopic (exact) mass is 317 g/mol. The van der Waals surface area contributed by atoms with Crippen LogP contribution in [-0.2, 0) is 17.9 Å². The molecule has 1 atom stereocenters. The van der Waals surface area contributed by atoms with Crippen molar-refractivity contribution in [3.63, 3.8) is 0 Å². The Kier molecular flexibility index (Phi) is 4.79. The van der Waals surface area contributed by atoms with Crippen molar-refractivity contribution >= 4 is 0 Å². The van der Waals surface area contributed by atoms with Crippen molar-refractivity contribution in [2.45, 2.75) is 26.1 Å². The second-order valence-corrected chi connectivity index (χ2v) is 5.57. The molecule has 2 aromatic carbocycles. The van der Waals surface area contributed by atoms with Gasteiger partial charge in [-0.25, -0.2) is 4.39 Å². The molecule has 0 radical (unpaired) electrons. The molecule has 0 spiro atoms. The predicted molar refractivity (Wildman–Crippen MR) is 84.9 cm³/mol. The van der Waals surface area contributed by atoms with Crippen molar-refractivity contribution in [2.75, 3.05) is 13.9 Å². The second kappa shape index (κ2) is 6.98. The normalized spacial score (nSPS) is 14.0. The van der Waals surface area contributed by atoms with E-state index in [9.17, 15) is 4.39 Å². The largest absolute Gasteiger partial charge is 0.454 e. The van der Waals surface area contributed by atoms with Crippen LogP contribution in [0.2, 0.25) is 0 Å². The first-order valence-electron chi connectivity index (χ1n) is 7.56. The Bertz CT molecular complexity index is 690. The topological polar surface area (TPSA) is 39.7 Å². The minimum absolute atomic E-state index is 0.139. The summed E-state index contributed by atoms with van der Waals surface area (Å²) in [5, 5.41) is 3.44. The van der Waals surface area contributed by atoms with Crippen molar-refractivity contribution in [3.8, 4) is 11.5 Å². The van der Waals surface area contributed by atoms with Gasteiger partial charge in [0.05, 0.1) is 6.61 Å². The van der Waals surface area contributed by atoms with E-state index in [0.717, 1.165) is 22.6 Å². The van der Waals surface area contributed by atoms with Gasteiger partial charge in [0, 0.05) is 25.3 Å². The SMILES string of the molecule is COCc1cc(CNC(C)c2ccc3c(c2)OCO3)ccc1F. The average Bonchev–Trinajstić information content (AvgIpc) is 3.03. The number of halogens is 1. The Morgan fingerprint density at radius 1 is 1.17 bits per heavy atom. The highest BCUT2D eigenvalue weighted by Gasteiger charge is 2.15. The zero-order valence-electron chi connectivity index (χ0n) is 13.3. The van der Waals surface area contributed by atoms with Gasteiger partial charge in [0.1, 0.15) is 5.82 Å². The quantitative estimate of drug-likeness (QED) is 0.884. The van der Waals surface area contributed by atoms with Crippen LogP contribution in [0.15, 0.2) is 36.4 Å². The van der Waals surface area contributed by atoms with Crippen molar-refractivity contribution < 1.29 is 18.6 Å². The van der Waals surface area contributed by atoms with Crippen LogP contribution in [0.25, 0.3) is 0 Å². The molecule has 0 bridgehead atoms. The molecular formula is C18H20FNO3. The number of fused-ring (bicyclic) bond motifs is 1. The van der Waals surface area contributed by atoms with E-state index < -0.39 is 0 Å². The molecule has 4 nitrogen and oxygen atoms in total. The van der Waals surface area contributed by atoms with E-state index in [1.807, 2.05) is 24.3 Å². The molecule has 0 amide bonds. The molecule has 0 aliphatic carbocycles. The Balaban J connectivity index is 1.64. The van der Waals surface area contributed by atoms with Gasteiger partial charge in [0.25, 0.3) is 0 Å². The first-order chi connectivity index (χ1) is 11.2. The summed E-state index contributed by atoms with van der Waals surface area (Å²) in [6.07, 6.45) is 0. The molecular weight excluding hydrogens is 297 g/mol. The van der Waals surface area contributed by atoms with E-state index in [2.05, 4.69) is 12.2 Å². The Hall–Kier alpha value is -2.11. The smallest absolute Gasteiger partial charge is 0.231 e. The molecule has 3 rings (SSSR count). The summed E-state index contributed by atoms with van der Waals surface area (Å²) in [4.78, 5) is 0. The standard InChI is InChI=1S/C18H20FNO3/c1-12(14-4-6-17-18(8-14)23-11-22-17)20-9-13-3-5-16(19)15(7-13)10-21-2/h3-8,12,20H,9-11H2,1-2H3. The molecule has 0 saturated carbocycles. The highest BCUT2D eigenvalue weighted by atomic mass is 19.1. The minimum atomic E-state index is -0.237. The molecule has 1 heterocycles. The predicted octanol–water partition coefficient (Wildman–Crippen LogP) is 3.55. The lowest BCUT2D eigenvalue weighted by Crippen LogP contribution is -2.18. The van der Waals surface area contributed by atoms with Crippen LogP contribution in [0.1, 0.15) is 29.7 Å². The van der Waals surface area contributed by atoms with Crippen LogP contribution in [0.4, 0.5) is 4.39 Å². The van der Waals surface area contributed by atoms with Gasteiger partial charge in [-0.3, -0.25) is 0 Å². The summed E-state index contributed by atoms with van der Waals surface area (Å²) in [7, 11) is 1.56. The third-order valence-corrected chi connectivity index (χ3v) is 3.92. The van der Waals surface area contributed by atoms with Gasteiger partial charge < -0.3 is 19.5 Å². The molecule has 0 aromatic heterocycles. The van der Waals surface area contributed by atoms with E-state index in [1.165, 1.54) is 6.07 Å². The summed E-state index contributed by atoms with van der Waals surface area (Å²) in [6.45, 7) is 3.28. The van der Waals surface area contributed by atoms with Crippen molar-refractivity contribution in [2.24, 2.45) is 0 Å². The molecule has 1 N–H and O–H groups in total. The Morgan fingerprint density at radius 2 is 2.00 bits per heavy atom. The summed E-state index contributed by atoms with van der Waals surface area (Å²) >= 11 is 0. The maximum absolute atomic E-state index is 13.6. The van der Waals surface area contributed by atoms with Gasteiger partial charge in [-0.2, -0.15) is 0 Å². The van der Waals surface area contributed by atoms with E-state index in [4.69, 9.17) is 14.2 Å². The van der Waals surface area contributed by atoms with Gasteiger partial charge in [-0.05, 0) is 42.3 Å². The van der Waals surface area contributed by atoms with E-state index >= 15 is 0 Å². The van der Waals surface area contributed by atoms with Crippen molar-refractivity contribution in [1.29, 1.82) is 0 Å². The van der Waals surface area contributed by atoms with Crippen LogP contribution in [0.3, 0.4) is 0 Å². The second-order valence-electron chi connectivity index (χ2n) is 5.57. The van der Waals surface area contributed by atoms with Gasteiger partial charge in [-0.1, -0.05) is 12.1 Å². The molecule has 1 aliphatic heterocycles. The number of nitrogens with one attached hydrogen (secondary N) is 1. The number of benzene rings is 2. The van der Waals surface area contributed by atoms with Gasteiger partial charge in [-0.15, -0.1) is 0 Å². The summed E-state index contributed by atoms with van der Waals surface area (Å²) < 4.78 is 29.4. The molecule has 1 aliphatic rings. The fourth-order valence-corrected chi connectivity index (χ4v) is 2.58. The third-order valence-electron chi connectivity index (χ3n) is 3.92. The Labute approximate surface area is 135 Å². The summed E-state index contributed by atoms with van der Waals surface area (Å²) in [6, 6.07) is 11.2. The molecule has 0 fully saturated rings. The molecule has 1 unspecified atom stereocenters. The first kappa shape index (κ1) is 15.8. The van der Waals surface area contributed by atoms with E-state index in [0.29, 0.717) is 12.1 Å². The summed E-state index contributed by atoms with van der Waals surface area (Å²) in [5.74, 6) is 1.32. The molecule has 0 saturated heterocycles. The maximum Gasteiger partial charge on any atom is 0.231 e. The van der Waals surface area contributed by atoms with Gasteiger partial charge >= 0.3 is 0 Å². The number of hydrogen-bond acceptors (Lipinski definition) is 4. The molecule has 23 heavy (non-hydrogen) atoms. The zero-order chi connectivity index (χ0) is 16.2.